The highest BCUT2D eigenvalue weighted by Crippen LogP contribution is 2.43. The maximum absolute atomic E-state index is 2.49. The van der Waals surface area contributed by atoms with Crippen molar-refractivity contribution >= 4 is 75.1 Å². The third kappa shape index (κ3) is 4.39. The predicted octanol–water partition coefficient (Wildman–Crippen LogP) is 13.3. The van der Waals surface area contributed by atoms with E-state index in [0.717, 1.165) is 6.42 Å². The van der Waals surface area contributed by atoms with E-state index in [0.29, 0.717) is 0 Å². The second-order valence-corrected chi connectivity index (χ2v) is 14.3. The van der Waals surface area contributed by atoms with Crippen LogP contribution in [0, 0.1) is 0 Å². The summed E-state index contributed by atoms with van der Waals surface area (Å²) in [5, 5.41) is 7.79. The van der Waals surface area contributed by atoms with Crippen LogP contribution in [0.2, 0.25) is 0 Å². The highest BCUT2D eigenvalue weighted by atomic mass is 32.1. The molecule has 0 amide bonds. The van der Waals surface area contributed by atoms with Crippen LogP contribution < -0.4 is 0 Å². The van der Waals surface area contributed by atoms with E-state index in [1.54, 1.807) is 0 Å². The fourth-order valence-electron chi connectivity index (χ4n) is 7.99. The van der Waals surface area contributed by atoms with Crippen LogP contribution in [0.25, 0.3) is 86.3 Å². The Labute approximate surface area is 289 Å². The number of unbranched alkanes of at least 4 members (excludes halogenated alkanes) is 1. The molecular formula is C46H34N2S. The maximum Gasteiger partial charge on any atom is 0.0641 e. The molecule has 0 aliphatic rings. The van der Waals surface area contributed by atoms with Crippen molar-refractivity contribution in [1.29, 1.82) is 0 Å². The quantitative estimate of drug-likeness (QED) is 0.170. The molecule has 3 heterocycles. The van der Waals surface area contributed by atoms with Crippen LogP contribution in [0.1, 0.15) is 25.3 Å². The molecule has 0 saturated carbocycles. The summed E-state index contributed by atoms with van der Waals surface area (Å²) in [6.07, 6.45) is 3.62. The van der Waals surface area contributed by atoms with Gasteiger partial charge in [-0.1, -0.05) is 104 Å². The summed E-state index contributed by atoms with van der Waals surface area (Å²) in [5.41, 5.74) is 11.2. The van der Waals surface area contributed by atoms with Gasteiger partial charge in [-0.2, -0.15) is 0 Å². The van der Waals surface area contributed by atoms with Crippen LogP contribution in [0.3, 0.4) is 0 Å². The van der Waals surface area contributed by atoms with Gasteiger partial charge in [0.05, 0.1) is 22.1 Å². The minimum absolute atomic E-state index is 1.15. The largest absolute Gasteiger partial charge is 0.309 e. The highest BCUT2D eigenvalue weighted by molar-refractivity contribution is 7.25. The van der Waals surface area contributed by atoms with Gasteiger partial charge < -0.3 is 9.13 Å². The van der Waals surface area contributed by atoms with Crippen molar-refractivity contribution in [2.45, 2.75) is 26.2 Å². The topological polar surface area (TPSA) is 9.86 Å². The molecule has 3 heteroatoms. The lowest BCUT2D eigenvalue weighted by atomic mass is 10.0. The van der Waals surface area contributed by atoms with E-state index in [-0.39, 0.29) is 0 Å². The molecule has 0 aliphatic carbocycles. The minimum Gasteiger partial charge on any atom is -0.309 e. The molecule has 0 aliphatic heterocycles. The van der Waals surface area contributed by atoms with Crippen molar-refractivity contribution in [3.63, 3.8) is 0 Å². The Balaban J connectivity index is 1.20. The number of fused-ring (bicyclic) bond motifs is 10. The molecule has 10 rings (SSSR count). The summed E-state index contributed by atoms with van der Waals surface area (Å²) in [6, 6.07) is 56.3. The van der Waals surface area contributed by atoms with Crippen molar-refractivity contribution in [2.75, 3.05) is 0 Å². The van der Waals surface area contributed by atoms with E-state index in [4.69, 9.17) is 0 Å². The normalized spacial score (nSPS) is 12.0. The van der Waals surface area contributed by atoms with Gasteiger partial charge >= 0.3 is 0 Å². The van der Waals surface area contributed by atoms with Gasteiger partial charge in [0.1, 0.15) is 0 Å². The molecule has 2 nitrogen and oxygen atoms in total. The molecule has 0 spiro atoms. The first-order valence-electron chi connectivity index (χ1n) is 17.3. The van der Waals surface area contributed by atoms with Crippen LogP contribution in [0.5, 0.6) is 0 Å². The Bertz CT molecular complexity index is 2870. The summed E-state index contributed by atoms with van der Waals surface area (Å²) in [5.74, 6) is 0. The monoisotopic (exact) mass is 646 g/mol. The van der Waals surface area contributed by atoms with E-state index in [1.807, 2.05) is 11.3 Å². The zero-order valence-corrected chi connectivity index (χ0v) is 28.2. The standard InChI is InChI=1S/C46H34N2S/c1-2-3-12-30-21-23-36-39-29-32(22-26-43(39)49-44(36)27-30)31-13-11-16-34(28-31)48-40-19-9-7-17-35(40)37-24-25-42-45(46(37)48)38-18-8-10-20-41(38)47(42)33-14-5-4-6-15-33/h4-11,13-29H,2-3,12H2,1H3. The van der Waals surface area contributed by atoms with E-state index < -0.39 is 0 Å². The summed E-state index contributed by atoms with van der Waals surface area (Å²) >= 11 is 1.91. The van der Waals surface area contributed by atoms with Gasteiger partial charge in [-0.15, -0.1) is 11.3 Å². The molecule has 0 bridgehead atoms. The Hall–Kier alpha value is -5.64. The lowest BCUT2D eigenvalue weighted by Gasteiger charge is -2.12. The lowest BCUT2D eigenvalue weighted by molar-refractivity contribution is 0.796. The van der Waals surface area contributed by atoms with Crippen LogP contribution >= 0.6 is 11.3 Å². The fourth-order valence-corrected chi connectivity index (χ4v) is 9.14. The maximum atomic E-state index is 2.49. The molecule has 3 aromatic heterocycles. The Morgan fingerprint density at radius 2 is 1.20 bits per heavy atom. The minimum atomic E-state index is 1.15. The zero-order chi connectivity index (χ0) is 32.5. The summed E-state index contributed by atoms with van der Waals surface area (Å²) < 4.78 is 7.64. The smallest absolute Gasteiger partial charge is 0.0641 e. The number of benzene rings is 7. The van der Waals surface area contributed by atoms with Gasteiger partial charge in [0.25, 0.3) is 0 Å². The molecule has 234 valence electrons. The van der Waals surface area contributed by atoms with E-state index in [1.165, 1.54) is 105 Å². The average molecular weight is 647 g/mol. The first-order valence-corrected chi connectivity index (χ1v) is 18.2. The average Bonchev–Trinajstić information content (AvgIpc) is 3.81. The molecule has 0 unspecified atom stereocenters. The molecule has 0 fully saturated rings. The van der Waals surface area contributed by atoms with Crippen molar-refractivity contribution in [3.8, 4) is 22.5 Å². The van der Waals surface area contributed by atoms with Gasteiger partial charge in [-0.25, -0.2) is 0 Å². The molecule has 7 aromatic carbocycles. The van der Waals surface area contributed by atoms with Crippen molar-refractivity contribution in [3.05, 3.63) is 157 Å². The molecular weight excluding hydrogens is 613 g/mol. The van der Waals surface area contributed by atoms with Gasteiger partial charge in [-0.05, 0) is 90.2 Å². The van der Waals surface area contributed by atoms with Crippen LogP contribution in [-0.4, -0.2) is 9.13 Å². The van der Waals surface area contributed by atoms with Crippen LogP contribution in [-0.2, 0) is 6.42 Å². The third-order valence-corrected chi connectivity index (χ3v) is 11.4. The number of rotatable bonds is 6. The number of aromatic nitrogens is 2. The van der Waals surface area contributed by atoms with E-state index in [9.17, 15) is 0 Å². The molecule has 0 atom stereocenters. The molecule has 0 N–H and O–H groups in total. The summed E-state index contributed by atoms with van der Waals surface area (Å²) in [6.45, 7) is 2.26. The Kier molecular flexibility index (Phi) is 6.50. The SMILES string of the molecule is CCCCc1ccc2c(c1)sc1ccc(-c3cccc(-n4c5ccccc5c5ccc6c(c7ccccc7n6-c6ccccc6)c54)c3)cc12. The molecule has 10 aromatic rings. The number of para-hydroxylation sites is 3. The van der Waals surface area contributed by atoms with E-state index in [2.05, 4.69) is 168 Å². The van der Waals surface area contributed by atoms with Gasteiger partial charge in [0.15, 0.2) is 0 Å². The van der Waals surface area contributed by atoms with Gasteiger partial charge in [0, 0.05) is 53.1 Å². The number of hydrogen-bond acceptors (Lipinski definition) is 1. The van der Waals surface area contributed by atoms with Crippen molar-refractivity contribution in [1.82, 2.24) is 9.13 Å². The van der Waals surface area contributed by atoms with Crippen molar-refractivity contribution in [2.24, 2.45) is 0 Å². The number of nitrogens with zero attached hydrogens (tertiary/aromatic N) is 2. The number of hydrogen-bond donors (Lipinski definition) is 0. The zero-order valence-electron chi connectivity index (χ0n) is 27.4. The summed E-state index contributed by atoms with van der Waals surface area (Å²) in [7, 11) is 0. The first-order chi connectivity index (χ1) is 24.3. The van der Waals surface area contributed by atoms with Gasteiger partial charge in [0.2, 0.25) is 0 Å². The third-order valence-electron chi connectivity index (χ3n) is 10.3. The fraction of sp³-hybridized carbons (Fsp3) is 0.0870. The highest BCUT2D eigenvalue weighted by Gasteiger charge is 2.21. The molecule has 0 saturated heterocycles. The van der Waals surface area contributed by atoms with Crippen molar-refractivity contribution < 1.29 is 0 Å². The van der Waals surface area contributed by atoms with Crippen LogP contribution in [0.15, 0.2) is 152 Å². The van der Waals surface area contributed by atoms with Gasteiger partial charge in [-0.3, -0.25) is 0 Å². The Morgan fingerprint density at radius 3 is 2.06 bits per heavy atom. The molecule has 49 heavy (non-hydrogen) atoms. The first kappa shape index (κ1) is 28.4. The Morgan fingerprint density at radius 1 is 0.469 bits per heavy atom. The second kappa shape index (κ2) is 11.2. The molecule has 0 radical (unpaired) electrons. The number of aryl methyl sites for hydroxylation is 1. The lowest BCUT2D eigenvalue weighted by Crippen LogP contribution is -1.95. The van der Waals surface area contributed by atoms with Crippen LogP contribution in [0.4, 0.5) is 0 Å². The predicted molar refractivity (Wildman–Crippen MR) is 212 cm³/mol. The summed E-state index contributed by atoms with van der Waals surface area (Å²) in [4.78, 5) is 0. The second-order valence-electron chi connectivity index (χ2n) is 13.2. The van der Waals surface area contributed by atoms with E-state index >= 15 is 0 Å². The number of thiophene rings is 1.